The molecule has 1 unspecified atom stereocenters. The van der Waals surface area contributed by atoms with Gasteiger partial charge >= 0.3 is 0 Å². The van der Waals surface area contributed by atoms with Gasteiger partial charge in [-0.05, 0) is 30.2 Å². The smallest absolute Gasteiger partial charge is 0.224 e. The van der Waals surface area contributed by atoms with Crippen molar-refractivity contribution < 1.29 is 24.1 Å². The maximum absolute atomic E-state index is 12.3. The number of nitrogens with one attached hydrogen (secondary N) is 1. The van der Waals surface area contributed by atoms with Crippen molar-refractivity contribution in [2.24, 2.45) is 0 Å². The summed E-state index contributed by atoms with van der Waals surface area (Å²) >= 11 is 0. The Kier molecular flexibility index (Phi) is 8.10. The third-order valence-electron chi connectivity index (χ3n) is 4.16. The van der Waals surface area contributed by atoms with E-state index in [-0.39, 0.29) is 31.6 Å². The molecule has 2 aromatic rings. The number of carbonyl (C=O) groups is 1. The van der Waals surface area contributed by atoms with E-state index in [0.717, 1.165) is 16.7 Å². The van der Waals surface area contributed by atoms with Crippen LogP contribution in [0.1, 0.15) is 22.8 Å². The zero-order valence-electron chi connectivity index (χ0n) is 16.0. The molecule has 1 amide bonds. The van der Waals surface area contributed by atoms with Crippen molar-refractivity contribution in [2.75, 3.05) is 34.0 Å². The predicted octanol–water partition coefficient (Wildman–Crippen LogP) is 2.42. The Labute approximate surface area is 160 Å². The average Bonchev–Trinajstić information content (AvgIpc) is 2.68. The number of amides is 1. The molecule has 0 aromatic heterocycles. The SMILES string of the molecule is COc1ccc(CC(=O)NCC(OCCO)c2ccc(C)cc2)cc1OC. The maximum Gasteiger partial charge on any atom is 0.224 e. The fourth-order valence-electron chi connectivity index (χ4n) is 2.69. The number of carbonyl (C=O) groups excluding carboxylic acids is 1. The van der Waals surface area contributed by atoms with E-state index in [1.54, 1.807) is 26.4 Å². The van der Waals surface area contributed by atoms with Crippen LogP contribution in [0.25, 0.3) is 0 Å². The minimum atomic E-state index is -0.313. The van der Waals surface area contributed by atoms with Crippen LogP contribution in [-0.4, -0.2) is 45.0 Å². The normalized spacial score (nSPS) is 11.7. The van der Waals surface area contributed by atoms with E-state index in [1.165, 1.54) is 0 Å². The summed E-state index contributed by atoms with van der Waals surface area (Å²) in [4.78, 5) is 12.3. The lowest BCUT2D eigenvalue weighted by atomic mass is 10.1. The number of aliphatic hydroxyl groups excluding tert-OH is 1. The van der Waals surface area contributed by atoms with Gasteiger partial charge in [0.05, 0.1) is 40.0 Å². The maximum atomic E-state index is 12.3. The molecule has 0 saturated heterocycles. The third kappa shape index (κ3) is 6.27. The summed E-state index contributed by atoms with van der Waals surface area (Å²) in [5, 5.41) is 11.9. The number of hydrogen-bond acceptors (Lipinski definition) is 5. The summed E-state index contributed by atoms with van der Waals surface area (Å²) in [6.07, 6.45) is -0.0897. The molecule has 0 saturated carbocycles. The Bertz CT molecular complexity index is 730. The van der Waals surface area contributed by atoms with E-state index in [0.29, 0.717) is 18.0 Å². The molecular weight excluding hydrogens is 346 g/mol. The van der Waals surface area contributed by atoms with Gasteiger partial charge in [-0.25, -0.2) is 0 Å². The Morgan fingerprint density at radius 1 is 1.07 bits per heavy atom. The average molecular weight is 373 g/mol. The number of ether oxygens (including phenoxy) is 3. The van der Waals surface area contributed by atoms with Crippen molar-refractivity contribution in [2.45, 2.75) is 19.4 Å². The lowest BCUT2D eigenvalue weighted by Gasteiger charge is -2.19. The molecule has 0 fully saturated rings. The summed E-state index contributed by atoms with van der Waals surface area (Å²) in [5.74, 6) is 1.09. The van der Waals surface area contributed by atoms with Crippen molar-refractivity contribution in [1.29, 1.82) is 0 Å². The highest BCUT2D eigenvalue weighted by Crippen LogP contribution is 2.27. The van der Waals surface area contributed by atoms with Crippen molar-refractivity contribution >= 4 is 5.91 Å². The van der Waals surface area contributed by atoms with Crippen molar-refractivity contribution in [1.82, 2.24) is 5.32 Å². The monoisotopic (exact) mass is 373 g/mol. The number of aryl methyl sites for hydroxylation is 1. The molecular formula is C21H27NO5. The Morgan fingerprint density at radius 3 is 2.41 bits per heavy atom. The van der Waals surface area contributed by atoms with Crippen LogP contribution in [0.4, 0.5) is 0 Å². The van der Waals surface area contributed by atoms with Crippen LogP contribution in [0, 0.1) is 6.92 Å². The molecule has 0 aliphatic heterocycles. The van der Waals surface area contributed by atoms with Gasteiger partial charge in [0.2, 0.25) is 5.91 Å². The first-order chi connectivity index (χ1) is 13.1. The van der Waals surface area contributed by atoms with Gasteiger partial charge in [-0.15, -0.1) is 0 Å². The second kappa shape index (κ2) is 10.5. The first kappa shape index (κ1) is 20.7. The minimum absolute atomic E-state index is 0.0675. The molecule has 0 heterocycles. The van der Waals surface area contributed by atoms with Crippen LogP contribution in [0.5, 0.6) is 11.5 Å². The van der Waals surface area contributed by atoms with Gasteiger partial charge in [0.25, 0.3) is 0 Å². The Hall–Kier alpha value is -2.57. The van der Waals surface area contributed by atoms with E-state index >= 15 is 0 Å². The topological polar surface area (TPSA) is 77.0 Å². The van der Waals surface area contributed by atoms with Crippen LogP contribution in [0.2, 0.25) is 0 Å². The predicted molar refractivity (Wildman–Crippen MR) is 103 cm³/mol. The second-order valence-corrected chi connectivity index (χ2v) is 6.16. The lowest BCUT2D eigenvalue weighted by molar-refractivity contribution is -0.121. The molecule has 2 aromatic carbocycles. The largest absolute Gasteiger partial charge is 0.493 e. The summed E-state index contributed by atoms with van der Waals surface area (Å²) in [6, 6.07) is 13.3. The molecule has 146 valence electrons. The van der Waals surface area contributed by atoms with Crippen LogP contribution in [-0.2, 0) is 16.0 Å². The first-order valence-electron chi connectivity index (χ1n) is 8.84. The zero-order valence-corrected chi connectivity index (χ0v) is 16.0. The molecule has 0 aliphatic rings. The van der Waals surface area contributed by atoms with E-state index in [1.807, 2.05) is 37.3 Å². The molecule has 2 N–H and O–H groups in total. The summed E-state index contributed by atoms with van der Waals surface area (Å²) in [6.45, 7) is 2.49. The van der Waals surface area contributed by atoms with Crippen molar-refractivity contribution in [3.63, 3.8) is 0 Å². The highest BCUT2D eigenvalue weighted by Gasteiger charge is 2.14. The minimum Gasteiger partial charge on any atom is -0.493 e. The number of rotatable bonds is 10. The number of benzene rings is 2. The first-order valence-corrected chi connectivity index (χ1v) is 8.84. The van der Waals surface area contributed by atoms with E-state index in [9.17, 15) is 4.79 Å². The highest BCUT2D eigenvalue weighted by atomic mass is 16.5. The van der Waals surface area contributed by atoms with Gasteiger partial charge in [-0.1, -0.05) is 35.9 Å². The quantitative estimate of drug-likeness (QED) is 0.669. The van der Waals surface area contributed by atoms with E-state index in [2.05, 4.69) is 5.32 Å². The summed E-state index contributed by atoms with van der Waals surface area (Å²) in [7, 11) is 3.13. The fourth-order valence-corrected chi connectivity index (χ4v) is 2.69. The number of methoxy groups -OCH3 is 2. The molecule has 1 atom stereocenters. The van der Waals surface area contributed by atoms with Crippen LogP contribution >= 0.6 is 0 Å². The van der Waals surface area contributed by atoms with Crippen LogP contribution < -0.4 is 14.8 Å². The molecule has 0 bridgehead atoms. The molecule has 6 heteroatoms. The van der Waals surface area contributed by atoms with Crippen molar-refractivity contribution in [3.8, 4) is 11.5 Å². The third-order valence-corrected chi connectivity index (χ3v) is 4.16. The second-order valence-electron chi connectivity index (χ2n) is 6.16. The molecule has 6 nitrogen and oxygen atoms in total. The lowest BCUT2D eigenvalue weighted by Crippen LogP contribution is -2.31. The van der Waals surface area contributed by atoms with Crippen LogP contribution in [0.15, 0.2) is 42.5 Å². The van der Waals surface area contributed by atoms with Gasteiger partial charge in [0.15, 0.2) is 11.5 Å². The highest BCUT2D eigenvalue weighted by molar-refractivity contribution is 5.78. The van der Waals surface area contributed by atoms with Crippen molar-refractivity contribution in [3.05, 3.63) is 59.2 Å². The molecule has 0 spiro atoms. The Balaban J connectivity index is 1.97. The van der Waals surface area contributed by atoms with Gasteiger partial charge < -0.3 is 24.6 Å². The summed E-state index contributed by atoms with van der Waals surface area (Å²) < 4.78 is 16.2. The number of aliphatic hydroxyl groups is 1. The molecule has 2 rings (SSSR count). The molecule has 0 aliphatic carbocycles. The van der Waals surface area contributed by atoms with Gasteiger partial charge in [-0.3, -0.25) is 4.79 Å². The fraction of sp³-hybridized carbons (Fsp3) is 0.381. The molecule has 27 heavy (non-hydrogen) atoms. The van der Waals surface area contributed by atoms with Gasteiger partial charge in [-0.2, -0.15) is 0 Å². The van der Waals surface area contributed by atoms with Gasteiger partial charge in [0, 0.05) is 6.54 Å². The standard InChI is InChI=1S/C21H27NO5/c1-15-4-7-17(8-5-15)20(27-11-10-23)14-22-21(24)13-16-6-9-18(25-2)19(12-16)26-3/h4-9,12,20,23H,10-11,13-14H2,1-3H3,(H,22,24). The summed E-state index contributed by atoms with van der Waals surface area (Å²) in [5.41, 5.74) is 2.94. The Morgan fingerprint density at radius 2 is 1.78 bits per heavy atom. The van der Waals surface area contributed by atoms with Gasteiger partial charge in [0.1, 0.15) is 0 Å². The molecule has 0 radical (unpaired) electrons. The van der Waals surface area contributed by atoms with Crippen LogP contribution in [0.3, 0.4) is 0 Å². The zero-order chi connectivity index (χ0) is 19.6. The van der Waals surface area contributed by atoms with E-state index in [4.69, 9.17) is 19.3 Å². The number of hydrogen-bond donors (Lipinski definition) is 2. The van der Waals surface area contributed by atoms with E-state index < -0.39 is 0 Å².